The lowest BCUT2D eigenvalue weighted by Crippen LogP contribution is -2.46. The fourth-order valence-electron chi connectivity index (χ4n) is 3.85. The van der Waals surface area contributed by atoms with Gasteiger partial charge in [-0.2, -0.15) is 0 Å². The van der Waals surface area contributed by atoms with Crippen LogP contribution in [-0.4, -0.2) is 48.6 Å². The lowest BCUT2D eigenvalue weighted by atomic mass is 9.89. The number of nitrogens with one attached hydrogen (secondary N) is 2. The summed E-state index contributed by atoms with van der Waals surface area (Å²) < 4.78 is 0. The van der Waals surface area contributed by atoms with Crippen molar-refractivity contribution in [2.24, 2.45) is 5.92 Å². The topological polar surface area (TPSA) is 44.4 Å². The molecule has 1 saturated carbocycles. The van der Waals surface area contributed by atoms with Crippen LogP contribution in [0, 0.1) is 5.92 Å². The van der Waals surface area contributed by atoms with Crippen LogP contribution in [0.25, 0.3) is 0 Å². The second-order valence-electron chi connectivity index (χ2n) is 7.05. The average Bonchev–Trinajstić information content (AvgIpc) is 2.91. The summed E-state index contributed by atoms with van der Waals surface area (Å²) in [6.07, 6.45) is 7.94. The minimum Gasteiger partial charge on any atom is -0.355 e. The van der Waals surface area contributed by atoms with Crippen LogP contribution in [0.4, 0.5) is 0 Å². The molecule has 122 valence electrons. The van der Waals surface area contributed by atoms with Crippen LogP contribution >= 0.6 is 0 Å². The van der Waals surface area contributed by atoms with Gasteiger partial charge >= 0.3 is 0 Å². The minimum atomic E-state index is 0.0498. The first-order valence-corrected chi connectivity index (χ1v) is 8.88. The lowest BCUT2D eigenvalue weighted by molar-refractivity contribution is -0.125. The van der Waals surface area contributed by atoms with E-state index in [0.29, 0.717) is 12.1 Å². The molecule has 0 bridgehead atoms. The van der Waals surface area contributed by atoms with E-state index in [4.69, 9.17) is 0 Å². The Morgan fingerprint density at radius 1 is 1.24 bits per heavy atom. The van der Waals surface area contributed by atoms with Gasteiger partial charge in [-0.15, -0.1) is 0 Å². The zero-order valence-electron chi connectivity index (χ0n) is 14.0. The van der Waals surface area contributed by atoms with Crippen molar-refractivity contribution in [3.05, 3.63) is 0 Å². The van der Waals surface area contributed by atoms with Gasteiger partial charge in [-0.05, 0) is 52.5 Å². The highest BCUT2D eigenvalue weighted by molar-refractivity contribution is 5.82. The van der Waals surface area contributed by atoms with Crippen molar-refractivity contribution in [3.8, 4) is 0 Å². The van der Waals surface area contributed by atoms with Gasteiger partial charge in [0.1, 0.15) is 0 Å². The van der Waals surface area contributed by atoms with E-state index in [2.05, 4.69) is 29.4 Å². The quantitative estimate of drug-likeness (QED) is 0.789. The number of nitrogens with zero attached hydrogens (tertiary/aromatic N) is 1. The molecule has 2 fully saturated rings. The van der Waals surface area contributed by atoms with E-state index in [0.717, 1.165) is 32.0 Å². The van der Waals surface area contributed by atoms with Gasteiger partial charge in [0.05, 0.1) is 6.04 Å². The zero-order chi connectivity index (χ0) is 15.2. The first-order chi connectivity index (χ1) is 10.1. The average molecular weight is 295 g/mol. The van der Waals surface area contributed by atoms with Crippen LogP contribution in [0.3, 0.4) is 0 Å². The van der Waals surface area contributed by atoms with Crippen molar-refractivity contribution < 1.29 is 4.79 Å². The maximum atomic E-state index is 12.2. The molecule has 2 rings (SSSR count). The van der Waals surface area contributed by atoms with Gasteiger partial charge in [0.2, 0.25) is 5.91 Å². The van der Waals surface area contributed by atoms with E-state index < -0.39 is 0 Å². The van der Waals surface area contributed by atoms with E-state index in [-0.39, 0.29) is 11.9 Å². The second-order valence-corrected chi connectivity index (χ2v) is 7.05. The van der Waals surface area contributed by atoms with Gasteiger partial charge < -0.3 is 10.6 Å². The molecule has 21 heavy (non-hydrogen) atoms. The Kier molecular flexibility index (Phi) is 6.49. The third-order valence-corrected chi connectivity index (χ3v) is 5.08. The fourth-order valence-corrected chi connectivity index (χ4v) is 3.85. The van der Waals surface area contributed by atoms with E-state index in [9.17, 15) is 4.79 Å². The van der Waals surface area contributed by atoms with Gasteiger partial charge in [0.15, 0.2) is 0 Å². The zero-order valence-corrected chi connectivity index (χ0v) is 14.0. The molecular formula is C17H33N3O. The van der Waals surface area contributed by atoms with Crippen molar-refractivity contribution in [2.45, 2.75) is 77.4 Å². The summed E-state index contributed by atoms with van der Waals surface area (Å²) in [5.41, 5.74) is 0. The molecule has 2 N–H and O–H groups in total. The number of amides is 1. The monoisotopic (exact) mass is 295 g/mol. The van der Waals surface area contributed by atoms with Gasteiger partial charge in [-0.3, -0.25) is 9.69 Å². The van der Waals surface area contributed by atoms with Crippen LogP contribution in [0.5, 0.6) is 0 Å². The molecule has 0 aromatic heterocycles. The van der Waals surface area contributed by atoms with Crippen LogP contribution in [-0.2, 0) is 4.79 Å². The normalized spacial score (nSPS) is 28.2. The molecule has 0 unspecified atom stereocenters. The Balaban J connectivity index is 1.83. The summed E-state index contributed by atoms with van der Waals surface area (Å²) in [5, 5.41) is 6.73. The second kappa shape index (κ2) is 8.14. The van der Waals surface area contributed by atoms with Crippen LogP contribution in [0.15, 0.2) is 0 Å². The van der Waals surface area contributed by atoms with E-state index in [1.807, 2.05) is 6.92 Å². The summed E-state index contributed by atoms with van der Waals surface area (Å²) in [7, 11) is 0. The largest absolute Gasteiger partial charge is 0.355 e. The predicted molar refractivity (Wildman–Crippen MR) is 87.3 cm³/mol. The number of hydrogen-bond donors (Lipinski definition) is 2. The molecule has 2 aliphatic rings. The number of likely N-dealkylation sites (N-methyl/N-ethyl adjacent to an activating group) is 1. The van der Waals surface area contributed by atoms with Crippen molar-refractivity contribution in [2.75, 3.05) is 19.6 Å². The maximum Gasteiger partial charge on any atom is 0.237 e. The summed E-state index contributed by atoms with van der Waals surface area (Å²) in [4.78, 5) is 14.6. The molecule has 2 atom stereocenters. The molecule has 1 saturated heterocycles. The van der Waals surface area contributed by atoms with Crippen LogP contribution < -0.4 is 10.6 Å². The number of carbonyl (C=O) groups excluding carboxylic acids is 1. The van der Waals surface area contributed by atoms with E-state index in [1.165, 1.54) is 32.1 Å². The van der Waals surface area contributed by atoms with Gasteiger partial charge in [0.25, 0.3) is 0 Å². The molecule has 1 heterocycles. The van der Waals surface area contributed by atoms with Crippen molar-refractivity contribution in [1.82, 2.24) is 15.5 Å². The SMILES string of the molecule is CCNC(=O)[C@@H]1C[C@H](NCC2CCCCC2)CN1C(C)C. The summed E-state index contributed by atoms with van der Waals surface area (Å²) >= 11 is 0. The molecular weight excluding hydrogens is 262 g/mol. The predicted octanol–water partition coefficient (Wildman–Crippen LogP) is 2.14. The van der Waals surface area contributed by atoms with Gasteiger partial charge in [-0.1, -0.05) is 19.3 Å². The first-order valence-electron chi connectivity index (χ1n) is 8.88. The van der Waals surface area contributed by atoms with Gasteiger partial charge in [-0.25, -0.2) is 0 Å². The fraction of sp³-hybridized carbons (Fsp3) is 0.941. The maximum absolute atomic E-state index is 12.2. The van der Waals surface area contributed by atoms with Crippen molar-refractivity contribution in [1.29, 1.82) is 0 Å². The Hall–Kier alpha value is -0.610. The smallest absolute Gasteiger partial charge is 0.237 e. The Morgan fingerprint density at radius 3 is 2.57 bits per heavy atom. The Morgan fingerprint density at radius 2 is 1.95 bits per heavy atom. The van der Waals surface area contributed by atoms with E-state index in [1.54, 1.807) is 0 Å². The molecule has 4 heteroatoms. The van der Waals surface area contributed by atoms with Gasteiger partial charge in [0, 0.05) is 25.2 Å². The van der Waals surface area contributed by atoms with Crippen LogP contribution in [0.1, 0.15) is 59.3 Å². The number of likely N-dealkylation sites (tertiary alicyclic amines) is 1. The van der Waals surface area contributed by atoms with E-state index >= 15 is 0 Å². The number of rotatable bonds is 6. The summed E-state index contributed by atoms with van der Waals surface area (Å²) in [5.74, 6) is 1.06. The summed E-state index contributed by atoms with van der Waals surface area (Å²) in [6.45, 7) is 9.24. The summed E-state index contributed by atoms with van der Waals surface area (Å²) in [6, 6.07) is 0.954. The lowest BCUT2D eigenvalue weighted by Gasteiger charge is -2.27. The minimum absolute atomic E-state index is 0.0498. The Bertz CT molecular complexity index is 326. The molecule has 4 nitrogen and oxygen atoms in total. The molecule has 0 aromatic carbocycles. The molecule has 1 amide bonds. The van der Waals surface area contributed by atoms with Crippen molar-refractivity contribution >= 4 is 5.91 Å². The highest BCUT2D eigenvalue weighted by Crippen LogP contribution is 2.25. The standard InChI is InChI=1S/C17H33N3O/c1-4-18-17(21)16-10-15(12-20(16)13(2)3)19-11-14-8-6-5-7-9-14/h13-16,19H,4-12H2,1-3H3,(H,18,21)/t15-,16-/m0/s1. The van der Waals surface area contributed by atoms with Crippen molar-refractivity contribution in [3.63, 3.8) is 0 Å². The molecule has 0 aromatic rings. The van der Waals surface area contributed by atoms with Crippen LogP contribution in [0.2, 0.25) is 0 Å². The number of hydrogen-bond acceptors (Lipinski definition) is 3. The third kappa shape index (κ3) is 4.68. The molecule has 0 spiro atoms. The number of carbonyl (C=O) groups is 1. The highest BCUT2D eigenvalue weighted by Gasteiger charge is 2.37. The molecule has 0 radical (unpaired) electrons. The Labute approximate surface area is 130 Å². The first kappa shape index (κ1) is 16.8. The molecule has 1 aliphatic heterocycles. The third-order valence-electron chi connectivity index (χ3n) is 5.08. The highest BCUT2D eigenvalue weighted by atomic mass is 16.2. The molecule has 1 aliphatic carbocycles.